The van der Waals surface area contributed by atoms with E-state index in [2.05, 4.69) is 58.0 Å². The first-order valence-electron chi connectivity index (χ1n) is 9.75. The fourth-order valence-corrected chi connectivity index (χ4v) is 2.37. The van der Waals surface area contributed by atoms with E-state index in [9.17, 15) is 0 Å². The number of aryl methyl sites for hydroxylation is 3. The first kappa shape index (κ1) is 39.8. The number of benzene rings is 2. The second-order valence-electron chi connectivity index (χ2n) is 6.11. The van der Waals surface area contributed by atoms with Crippen molar-refractivity contribution in [3.05, 3.63) is 109 Å². The van der Waals surface area contributed by atoms with E-state index in [0.717, 1.165) is 31.5 Å². The van der Waals surface area contributed by atoms with Crippen molar-refractivity contribution in [1.82, 2.24) is 15.0 Å². The second kappa shape index (κ2) is 27.9. The van der Waals surface area contributed by atoms with Crippen LogP contribution in [0.15, 0.2) is 72.0 Å². The fourth-order valence-electron chi connectivity index (χ4n) is 2.37. The van der Waals surface area contributed by atoms with Crippen molar-refractivity contribution in [1.29, 1.82) is 0 Å². The van der Waals surface area contributed by atoms with E-state index in [1.54, 1.807) is 0 Å². The van der Waals surface area contributed by atoms with Crippen LogP contribution in [-0.2, 0) is 91.2 Å². The zero-order valence-electron chi connectivity index (χ0n) is 20.5. The molecule has 0 aliphatic heterocycles. The van der Waals surface area contributed by atoms with Crippen molar-refractivity contribution in [3.63, 3.8) is 0 Å². The van der Waals surface area contributed by atoms with E-state index in [4.69, 9.17) is 10.6 Å². The molecule has 1 N–H and O–H groups in total. The minimum Gasteiger partial charge on any atom is -0.384 e. The molecule has 0 bridgehead atoms. The fraction of sp³-hybridized carbons (Fsp3) is 0.280. The van der Waals surface area contributed by atoms with Gasteiger partial charge in [0.15, 0.2) is 0 Å². The molecule has 2 aromatic carbocycles. The molecule has 0 spiro atoms. The predicted molar refractivity (Wildman–Crippen MR) is 132 cm³/mol. The predicted octanol–water partition coefficient (Wildman–Crippen LogP) is 5.13. The zero-order valence-corrected chi connectivity index (χ0v) is 26.1. The van der Waals surface area contributed by atoms with E-state index in [-0.39, 0.29) is 86.9 Å². The van der Waals surface area contributed by atoms with E-state index in [1.807, 2.05) is 53.2 Å². The SMILES string of the molecule is C#CCO.CCc1cn(CCc2ccccc2)nn1.[CH3-].[CH3-].[N-]=[N+]=NCCc1ccccc1.[Y].[Y]. The van der Waals surface area contributed by atoms with Gasteiger partial charge in [0.2, 0.25) is 0 Å². The molecule has 0 unspecified atom stereocenters. The van der Waals surface area contributed by atoms with Gasteiger partial charge in [-0.25, -0.2) is 0 Å². The van der Waals surface area contributed by atoms with Crippen LogP contribution in [0.4, 0.5) is 0 Å². The van der Waals surface area contributed by atoms with E-state index >= 15 is 0 Å². The Kier molecular flexibility index (Phi) is 32.6. The van der Waals surface area contributed by atoms with Crippen LogP contribution in [0.1, 0.15) is 23.7 Å². The Morgan fingerprint density at radius 2 is 1.50 bits per heavy atom. The van der Waals surface area contributed by atoms with Crippen LogP contribution in [0.25, 0.3) is 10.4 Å². The first-order valence-corrected chi connectivity index (χ1v) is 9.75. The molecule has 178 valence electrons. The Hall–Kier alpha value is -1.38. The number of aliphatic hydroxyl groups excluding tert-OH is 1. The molecule has 1 heterocycles. The van der Waals surface area contributed by atoms with Crippen LogP contribution < -0.4 is 0 Å². The van der Waals surface area contributed by atoms with Crippen LogP contribution in [0.2, 0.25) is 0 Å². The van der Waals surface area contributed by atoms with Crippen molar-refractivity contribution >= 4 is 0 Å². The number of aromatic nitrogens is 3. The van der Waals surface area contributed by atoms with Gasteiger partial charge in [-0.2, -0.15) is 0 Å². The van der Waals surface area contributed by atoms with Crippen molar-refractivity contribution in [2.45, 2.75) is 32.7 Å². The van der Waals surface area contributed by atoms with Crippen molar-refractivity contribution < 1.29 is 70.5 Å². The summed E-state index contributed by atoms with van der Waals surface area (Å²) < 4.78 is 1.91. The molecular formula is C25H34N6OY2-2. The van der Waals surface area contributed by atoms with Crippen LogP contribution in [-0.4, -0.2) is 33.3 Å². The summed E-state index contributed by atoms with van der Waals surface area (Å²) in [6, 6.07) is 20.4. The van der Waals surface area contributed by atoms with Crippen LogP contribution >= 0.6 is 0 Å². The molecule has 3 aromatic rings. The van der Waals surface area contributed by atoms with Gasteiger partial charge < -0.3 is 20.0 Å². The van der Waals surface area contributed by atoms with Crippen LogP contribution in [0.5, 0.6) is 0 Å². The summed E-state index contributed by atoms with van der Waals surface area (Å²) >= 11 is 0. The third kappa shape index (κ3) is 20.0. The molecular weight excluding hydrogens is 578 g/mol. The minimum atomic E-state index is -0.153. The molecule has 0 aliphatic rings. The number of nitrogens with zero attached hydrogens (tertiary/aromatic N) is 6. The van der Waals surface area contributed by atoms with Gasteiger partial charge in [-0.05, 0) is 35.9 Å². The van der Waals surface area contributed by atoms with Gasteiger partial charge in [-0.3, -0.25) is 4.68 Å². The normalized spacial score (nSPS) is 8.03. The molecule has 9 heteroatoms. The van der Waals surface area contributed by atoms with Crippen molar-refractivity contribution in [2.75, 3.05) is 13.2 Å². The molecule has 0 saturated carbocycles. The molecule has 0 fully saturated rings. The third-order valence-electron chi connectivity index (χ3n) is 3.92. The molecule has 0 atom stereocenters. The van der Waals surface area contributed by atoms with Gasteiger partial charge in [0.25, 0.3) is 0 Å². The Labute approximate surface area is 255 Å². The average molecular weight is 612 g/mol. The number of azide groups is 1. The number of hydrogen-bond acceptors (Lipinski definition) is 4. The topological polar surface area (TPSA) is 99.7 Å². The van der Waals surface area contributed by atoms with Gasteiger partial charge in [-0.1, -0.05) is 83.8 Å². The summed E-state index contributed by atoms with van der Waals surface area (Å²) in [5.74, 6) is 1.99. The maximum Gasteiger partial charge on any atom is 0.103 e. The molecule has 0 aliphatic carbocycles. The summed E-state index contributed by atoms with van der Waals surface area (Å²) in [4.78, 5) is 2.68. The summed E-state index contributed by atoms with van der Waals surface area (Å²) in [7, 11) is 0. The number of hydrogen-bond donors (Lipinski definition) is 1. The maximum absolute atomic E-state index is 8.00. The molecule has 0 saturated heterocycles. The van der Waals surface area contributed by atoms with Crippen molar-refractivity contribution in [2.24, 2.45) is 5.11 Å². The Bertz CT molecular complexity index is 908. The number of aliphatic hydroxyl groups is 1. The van der Waals surface area contributed by atoms with Crippen LogP contribution in [0.3, 0.4) is 0 Å². The summed E-state index contributed by atoms with van der Waals surface area (Å²) in [5.41, 5.74) is 11.6. The molecule has 3 rings (SSSR count). The molecule has 1 aromatic heterocycles. The quantitative estimate of drug-likeness (QED) is 0.132. The minimum absolute atomic E-state index is 0. The summed E-state index contributed by atoms with van der Waals surface area (Å²) in [6.07, 6.45) is 9.33. The monoisotopic (exact) mass is 612 g/mol. The van der Waals surface area contributed by atoms with Crippen LogP contribution in [0, 0.1) is 27.2 Å². The molecule has 0 amide bonds. The Morgan fingerprint density at radius 3 is 1.91 bits per heavy atom. The summed E-state index contributed by atoms with van der Waals surface area (Å²) in [6.45, 7) is 3.38. The number of rotatable bonds is 7. The van der Waals surface area contributed by atoms with E-state index in [0.29, 0.717) is 6.54 Å². The van der Waals surface area contributed by atoms with Gasteiger partial charge in [0, 0.05) is 89.6 Å². The standard InChI is InChI=1S/C12H15N3.C8H9N3.C3H4O.2CH3.2Y/c1-2-12-10-15(14-13-12)9-8-11-6-4-3-5-7-11;9-11-10-7-6-8-4-2-1-3-5-8;1-2-3-4;;;;/h3-7,10H,2,8-9H2,1H3;1-5H,6-7H2;1,4H,3H2;2*1H3;;/q;;;2*-1;;. The van der Waals surface area contributed by atoms with Gasteiger partial charge in [-0.15, -0.1) is 11.5 Å². The zero-order chi connectivity index (χ0) is 21.9. The van der Waals surface area contributed by atoms with Gasteiger partial charge in [0.05, 0.1) is 5.69 Å². The molecule has 34 heavy (non-hydrogen) atoms. The maximum atomic E-state index is 8.00. The van der Waals surface area contributed by atoms with Gasteiger partial charge >= 0.3 is 0 Å². The summed E-state index contributed by atoms with van der Waals surface area (Å²) in [5, 5.41) is 19.2. The second-order valence-corrected chi connectivity index (χ2v) is 6.11. The average Bonchev–Trinajstić information content (AvgIpc) is 3.28. The Morgan fingerprint density at radius 1 is 1.00 bits per heavy atom. The van der Waals surface area contributed by atoms with E-state index < -0.39 is 0 Å². The van der Waals surface area contributed by atoms with Crippen molar-refractivity contribution in [3.8, 4) is 12.3 Å². The number of terminal acetylenes is 1. The largest absolute Gasteiger partial charge is 0.384 e. The smallest absolute Gasteiger partial charge is 0.103 e. The molecule has 7 nitrogen and oxygen atoms in total. The van der Waals surface area contributed by atoms with Gasteiger partial charge in [0.1, 0.15) is 6.61 Å². The van der Waals surface area contributed by atoms with E-state index in [1.165, 1.54) is 11.1 Å². The Balaban J connectivity index is -0.000000213. The molecule has 2 radical (unpaired) electrons. The third-order valence-corrected chi connectivity index (χ3v) is 3.92. The first-order chi connectivity index (χ1) is 14.7.